The van der Waals surface area contributed by atoms with Gasteiger partial charge in [-0.3, -0.25) is 0 Å². The van der Waals surface area contributed by atoms with Crippen LogP contribution in [0.2, 0.25) is 0 Å². The van der Waals surface area contributed by atoms with Crippen molar-refractivity contribution in [3.63, 3.8) is 0 Å². The second-order valence-corrected chi connectivity index (χ2v) is 5.63. The lowest BCUT2D eigenvalue weighted by atomic mass is 9.94. The molecule has 1 aliphatic rings. The first-order chi connectivity index (χ1) is 9.07. The molecule has 1 saturated heterocycles. The highest BCUT2D eigenvalue weighted by molar-refractivity contribution is 5.26. The molecule has 19 heavy (non-hydrogen) atoms. The Hall–Kier alpha value is -1.00. The largest absolute Gasteiger partial charge is 0.367 e. The van der Waals surface area contributed by atoms with E-state index in [-0.39, 0.29) is 5.60 Å². The van der Waals surface area contributed by atoms with Crippen LogP contribution in [0.1, 0.15) is 55.4 Å². The van der Waals surface area contributed by atoms with Gasteiger partial charge in [0.2, 0.25) is 0 Å². The van der Waals surface area contributed by atoms with E-state index in [0.717, 1.165) is 49.5 Å². The number of nitrogens with two attached hydrogens (primary N) is 1. The summed E-state index contributed by atoms with van der Waals surface area (Å²) in [6.45, 7) is 7.76. The van der Waals surface area contributed by atoms with Gasteiger partial charge in [-0.2, -0.15) is 0 Å². The van der Waals surface area contributed by atoms with Gasteiger partial charge in [0.1, 0.15) is 5.60 Å². The fourth-order valence-electron chi connectivity index (χ4n) is 2.73. The number of aromatic nitrogens is 2. The molecule has 2 heterocycles. The van der Waals surface area contributed by atoms with Crippen LogP contribution in [0.15, 0.2) is 0 Å². The van der Waals surface area contributed by atoms with Crippen LogP contribution in [-0.2, 0) is 16.8 Å². The molecule has 1 aromatic heterocycles. The standard InChI is InChI=1S/C15H25N3O/c1-11-13(7-6-9-16)12(2)18-14(17-11)15(3)8-4-5-10-19-15/h4-10,16H2,1-3H3. The van der Waals surface area contributed by atoms with E-state index in [1.807, 2.05) is 0 Å². The SMILES string of the molecule is Cc1nc(C2(C)CCCCO2)nc(C)c1CCCN. The van der Waals surface area contributed by atoms with Gasteiger partial charge in [0.15, 0.2) is 5.82 Å². The number of ether oxygens (including phenoxy) is 1. The summed E-state index contributed by atoms with van der Waals surface area (Å²) in [5.41, 5.74) is 8.67. The molecule has 0 aliphatic carbocycles. The van der Waals surface area contributed by atoms with Crippen molar-refractivity contribution in [2.24, 2.45) is 5.73 Å². The van der Waals surface area contributed by atoms with E-state index in [0.29, 0.717) is 6.54 Å². The molecule has 0 saturated carbocycles. The second-order valence-electron chi connectivity index (χ2n) is 5.63. The van der Waals surface area contributed by atoms with Crippen molar-refractivity contribution in [3.8, 4) is 0 Å². The first-order valence-corrected chi connectivity index (χ1v) is 7.25. The van der Waals surface area contributed by atoms with E-state index in [4.69, 9.17) is 20.4 Å². The van der Waals surface area contributed by atoms with Crippen LogP contribution in [0.4, 0.5) is 0 Å². The lowest BCUT2D eigenvalue weighted by Crippen LogP contribution is -2.33. The highest BCUT2D eigenvalue weighted by Crippen LogP contribution is 2.33. The van der Waals surface area contributed by atoms with Crippen molar-refractivity contribution in [1.29, 1.82) is 0 Å². The third-order valence-corrected chi connectivity index (χ3v) is 3.99. The predicted octanol–water partition coefficient (Wildman–Crippen LogP) is 2.40. The van der Waals surface area contributed by atoms with E-state index in [9.17, 15) is 0 Å². The fraction of sp³-hybridized carbons (Fsp3) is 0.733. The van der Waals surface area contributed by atoms with E-state index < -0.39 is 0 Å². The quantitative estimate of drug-likeness (QED) is 0.906. The molecule has 1 aromatic rings. The molecule has 1 atom stereocenters. The van der Waals surface area contributed by atoms with Gasteiger partial charge in [-0.05, 0) is 65.0 Å². The summed E-state index contributed by atoms with van der Waals surface area (Å²) < 4.78 is 5.94. The minimum atomic E-state index is -0.305. The van der Waals surface area contributed by atoms with Crippen molar-refractivity contribution in [3.05, 3.63) is 22.8 Å². The summed E-state index contributed by atoms with van der Waals surface area (Å²) in [7, 11) is 0. The fourth-order valence-corrected chi connectivity index (χ4v) is 2.73. The normalized spacial score (nSPS) is 23.6. The third kappa shape index (κ3) is 3.12. The number of hydrogen-bond acceptors (Lipinski definition) is 4. The summed E-state index contributed by atoms with van der Waals surface area (Å²) in [5, 5.41) is 0. The van der Waals surface area contributed by atoms with Crippen LogP contribution in [0.3, 0.4) is 0 Å². The van der Waals surface area contributed by atoms with Gasteiger partial charge >= 0.3 is 0 Å². The molecule has 2 rings (SSSR count). The summed E-state index contributed by atoms with van der Waals surface area (Å²) in [6, 6.07) is 0. The first kappa shape index (κ1) is 14.4. The Bertz CT molecular complexity index is 416. The van der Waals surface area contributed by atoms with Crippen molar-refractivity contribution in [2.45, 2.75) is 58.5 Å². The third-order valence-electron chi connectivity index (χ3n) is 3.99. The van der Waals surface area contributed by atoms with Crippen molar-refractivity contribution in [2.75, 3.05) is 13.2 Å². The minimum absolute atomic E-state index is 0.305. The Kier molecular flexibility index (Phi) is 4.53. The Labute approximate surface area is 115 Å². The predicted molar refractivity (Wildman–Crippen MR) is 76.0 cm³/mol. The summed E-state index contributed by atoms with van der Waals surface area (Å²) in [5.74, 6) is 0.846. The van der Waals surface area contributed by atoms with Gasteiger partial charge in [0, 0.05) is 18.0 Å². The molecule has 0 aromatic carbocycles. The summed E-state index contributed by atoms with van der Waals surface area (Å²) >= 11 is 0. The minimum Gasteiger partial charge on any atom is -0.367 e. The molecule has 4 heteroatoms. The smallest absolute Gasteiger partial charge is 0.160 e. The number of aryl methyl sites for hydroxylation is 2. The molecule has 2 N–H and O–H groups in total. The van der Waals surface area contributed by atoms with E-state index in [1.165, 1.54) is 12.0 Å². The lowest BCUT2D eigenvalue weighted by Gasteiger charge is -2.33. The average Bonchev–Trinajstić information content (AvgIpc) is 2.38. The highest BCUT2D eigenvalue weighted by atomic mass is 16.5. The van der Waals surface area contributed by atoms with Gasteiger partial charge in [0.05, 0.1) is 0 Å². The first-order valence-electron chi connectivity index (χ1n) is 7.25. The van der Waals surface area contributed by atoms with Gasteiger partial charge in [-0.25, -0.2) is 9.97 Å². The summed E-state index contributed by atoms with van der Waals surface area (Å²) in [4.78, 5) is 9.41. The van der Waals surface area contributed by atoms with Gasteiger partial charge in [-0.15, -0.1) is 0 Å². The molecule has 4 nitrogen and oxygen atoms in total. The van der Waals surface area contributed by atoms with Crippen molar-refractivity contribution < 1.29 is 4.74 Å². The molecule has 1 fully saturated rings. The number of rotatable bonds is 4. The van der Waals surface area contributed by atoms with Crippen LogP contribution >= 0.6 is 0 Å². The monoisotopic (exact) mass is 263 g/mol. The maximum absolute atomic E-state index is 5.94. The molecule has 0 bridgehead atoms. The van der Waals surface area contributed by atoms with Gasteiger partial charge in [-0.1, -0.05) is 0 Å². The summed E-state index contributed by atoms with van der Waals surface area (Å²) in [6.07, 6.45) is 5.28. The number of nitrogens with zero attached hydrogens (tertiary/aromatic N) is 2. The average molecular weight is 263 g/mol. The van der Waals surface area contributed by atoms with Crippen LogP contribution in [0.5, 0.6) is 0 Å². The zero-order chi connectivity index (χ0) is 13.9. The topological polar surface area (TPSA) is 61.0 Å². The van der Waals surface area contributed by atoms with E-state index in [1.54, 1.807) is 0 Å². The second kappa shape index (κ2) is 5.97. The van der Waals surface area contributed by atoms with Crippen LogP contribution in [-0.4, -0.2) is 23.1 Å². The highest BCUT2D eigenvalue weighted by Gasteiger charge is 2.33. The van der Waals surface area contributed by atoms with Gasteiger partial charge in [0.25, 0.3) is 0 Å². The van der Waals surface area contributed by atoms with E-state index in [2.05, 4.69) is 20.8 Å². The molecule has 1 unspecified atom stereocenters. The zero-order valence-corrected chi connectivity index (χ0v) is 12.3. The van der Waals surface area contributed by atoms with Gasteiger partial charge < -0.3 is 10.5 Å². The Morgan fingerprint density at radius 2 is 1.89 bits per heavy atom. The van der Waals surface area contributed by atoms with Crippen molar-refractivity contribution >= 4 is 0 Å². The molecule has 0 radical (unpaired) electrons. The molecule has 0 amide bonds. The molecule has 106 valence electrons. The Balaban J connectivity index is 2.28. The van der Waals surface area contributed by atoms with Crippen LogP contribution < -0.4 is 5.73 Å². The Morgan fingerprint density at radius 3 is 2.42 bits per heavy atom. The zero-order valence-electron chi connectivity index (χ0n) is 12.3. The molecular formula is C15H25N3O. The molecule has 0 spiro atoms. The van der Waals surface area contributed by atoms with Crippen LogP contribution in [0, 0.1) is 13.8 Å². The van der Waals surface area contributed by atoms with E-state index >= 15 is 0 Å². The maximum Gasteiger partial charge on any atom is 0.160 e. The number of hydrogen-bond donors (Lipinski definition) is 1. The lowest BCUT2D eigenvalue weighted by molar-refractivity contribution is -0.0762. The maximum atomic E-state index is 5.94. The van der Waals surface area contributed by atoms with Crippen LogP contribution in [0.25, 0.3) is 0 Å². The van der Waals surface area contributed by atoms with Crippen molar-refractivity contribution in [1.82, 2.24) is 9.97 Å². The molecule has 1 aliphatic heterocycles. The molecular weight excluding hydrogens is 238 g/mol. The Morgan fingerprint density at radius 1 is 1.21 bits per heavy atom.